The van der Waals surface area contributed by atoms with Crippen molar-refractivity contribution in [3.8, 4) is 5.75 Å². The fourth-order valence-electron chi connectivity index (χ4n) is 4.21. The first kappa shape index (κ1) is 20.9. The van der Waals surface area contributed by atoms with Crippen LogP contribution in [0.3, 0.4) is 0 Å². The van der Waals surface area contributed by atoms with Crippen molar-refractivity contribution in [1.82, 2.24) is 0 Å². The molecule has 1 heterocycles. The number of aliphatic hydroxyl groups excluding tert-OH is 1. The molecule has 2 atom stereocenters. The van der Waals surface area contributed by atoms with Crippen LogP contribution < -0.4 is 9.64 Å². The van der Waals surface area contributed by atoms with Gasteiger partial charge in [-0.05, 0) is 48.9 Å². The van der Waals surface area contributed by atoms with E-state index in [1.54, 1.807) is 4.90 Å². The lowest BCUT2D eigenvalue weighted by molar-refractivity contribution is -0.906. The molecule has 2 aromatic rings. The summed E-state index contributed by atoms with van der Waals surface area (Å²) in [6, 6.07) is 18.6. The Morgan fingerprint density at radius 3 is 2.29 bits per heavy atom. The molecule has 0 saturated carbocycles. The van der Waals surface area contributed by atoms with E-state index in [4.69, 9.17) is 4.74 Å². The van der Waals surface area contributed by atoms with Crippen molar-refractivity contribution in [2.45, 2.75) is 57.5 Å². The van der Waals surface area contributed by atoms with Crippen LogP contribution in [0.5, 0.6) is 5.75 Å². The van der Waals surface area contributed by atoms with Crippen LogP contribution in [0.2, 0.25) is 0 Å². The summed E-state index contributed by atoms with van der Waals surface area (Å²) < 4.78 is 5.82. The number of hydrogen-bond donors (Lipinski definition) is 2. The van der Waals surface area contributed by atoms with Crippen LogP contribution >= 0.6 is 0 Å². The smallest absolute Gasteiger partial charge is 0.119 e. The number of ether oxygens (including phenoxy) is 1. The third-order valence-electron chi connectivity index (χ3n) is 5.92. The fourth-order valence-corrected chi connectivity index (χ4v) is 4.21. The highest BCUT2D eigenvalue weighted by atomic mass is 16.5. The molecule has 0 aliphatic carbocycles. The zero-order valence-corrected chi connectivity index (χ0v) is 17.3. The van der Waals surface area contributed by atoms with Gasteiger partial charge in [-0.3, -0.25) is 0 Å². The van der Waals surface area contributed by atoms with E-state index in [1.165, 1.54) is 50.8 Å². The summed E-state index contributed by atoms with van der Waals surface area (Å²) in [6.07, 6.45) is 6.96. The molecule has 2 unspecified atom stereocenters. The molecule has 1 saturated heterocycles. The van der Waals surface area contributed by atoms with Crippen LogP contribution in [0.1, 0.15) is 68.6 Å². The Balaban J connectivity index is 1.68. The van der Waals surface area contributed by atoms with E-state index in [0.29, 0.717) is 0 Å². The normalized spacial score (nSPS) is 17.2. The first-order valence-corrected chi connectivity index (χ1v) is 11.1. The second-order valence-electron chi connectivity index (χ2n) is 8.10. The lowest BCUT2D eigenvalue weighted by Crippen LogP contribution is -3.13. The predicted octanol–water partition coefficient (Wildman–Crippen LogP) is 4.14. The van der Waals surface area contributed by atoms with Gasteiger partial charge >= 0.3 is 0 Å². The average Bonchev–Trinajstić information content (AvgIpc) is 2.76. The Labute approximate surface area is 170 Å². The Bertz CT molecular complexity index is 665. The second-order valence-corrected chi connectivity index (χ2v) is 8.10. The molecule has 3 nitrogen and oxygen atoms in total. The minimum absolute atomic E-state index is 0.116. The Kier molecular flexibility index (Phi) is 8.38. The van der Waals surface area contributed by atoms with Crippen LogP contribution in [0.25, 0.3) is 0 Å². The van der Waals surface area contributed by atoms with Crippen molar-refractivity contribution in [2.24, 2.45) is 0 Å². The third-order valence-corrected chi connectivity index (χ3v) is 5.92. The molecule has 152 valence electrons. The number of benzene rings is 2. The highest BCUT2D eigenvalue weighted by Crippen LogP contribution is 2.31. The lowest BCUT2D eigenvalue weighted by atomic mass is 9.88. The molecule has 3 heteroatoms. The molecule has 2 aromatic carbocycles. The van der Waals surface area contributed by atoms with E-state index in [2.05, 4.69) is 31.2 Å². The Morgan fingerprint density at radius 1 is 0.893 bits per heavy atom. The van der Waals surface area contributed by atoms with Gasteiger partial charge in [0.1, 0.15) is 5.75 Å². The monoisotopic (exact) mass is 382 g/mol. The van der Waals surface area contributed by atoms with Gasteiger partial charge in [0.2, 0.25) is 0 Å². The number of aliphatic hydroxyl groups is 1. The number of quaternary nitrogens is 1. The topological polar surface area (TPSA) is 33.9 Å². The zero-order valence-electron chi connectivity index (χ0n) is 17.3. The maximum Gasteiger partial charge on any atom is 0.119 e. The molecule has 0 amide bonds. The molecule has 3 rings (SSSR count). The molecule has 0 bridgehead atoms. The van der Waals surface area contributed by atoms with Crippen molar-refractivity contribution in [2.75, 3.05) is 26.2 Å². The number of hydrogen-bond acceptors (Lipinski definition) is 2. The summed E-state index contributed by atoms with van der Waals surface area (Å²) >= 11 is 0. The molecule has 0 radical (unpaired) electrons. The largest absolute Gasteiger partial charge is 0.494 e. The summed E-state index contributed by atoms with van der Waals surface area (Å²) in [7, 11) is 0. The maximum atomic E-state index is 11.2. The minimum atomic E-state index is -0.494. The average molecular weight is 383 g/mol. The van der Waals surface area contributed by atoms with Gasteiger partial charge in [0.15, 0.2) is 0 Å². The first-order chi connectivity index (χ1) is 13.8. The second kappa shape index (κ2) is 11.2. The van der Waals surface area contributed by atoms with Gasteiger partial charge in [-0.25, -0.2) is 0 Å². The summed E-state index contributed by atoms with van der Waals surface area (Å²) in [5.74, 6) is 1.01. The van der Waals surface area contributed by atoms with Crippen LogP contribution in [0.15, 0.2) is 54.6 Å². The molecule has 2 N–H and O–H groups in total. The van der Waals surface area contributed by atoms with Gasteiger partial charge in [0, 0.05) is 0 Å². The van der Waals surface area contributed by atoms with Crippen LogP contribution in [-0.2, 0) is 0 Å². The highest BCUT2D eigenvalue weighted by molar-refractivity contribution is 5.31. The van der Waals surface area contributed by atoms with Crippen molar-refractivity contribution < 1.29 is 14.7 Å². The van der Waals surface area contributed by atoms with E-state index in [0.717, 1.165) is 30.9 Å². The van der Waals surface area contributed by atoms with Gasteiger partial charge in [0.25, 0.3) is 0 Å². The third kappa shape index (κ3) is 6.08. The fraction of sp³-hybridized carbons (Fsp3) is 0.520. The number of likely N-dealkylation sites (tertiary alicyclic amines) is 1. The summed E-state index contributed by atoms with van der Waals surface area (Å²) in [6.45, 7) is 6.40. The lowest BCUT2D eigenvalue weighted by Gasteiger charge is -2.30. The van der Waals surface area contributed by atoms with E-state index >= 15 is 0 Å². The quantitative estimate of drug-likeness (QED) is 0.606. The van der Waals surface area contributed by atoms with Gasteiger partial charge in [-0.15, -0.1) is 0 Å². The summed E-state index contributed by atoms with van der Waals surface area (Å²) in [5.41, 5.74) is 2.21. The van der Waals surface area contributed by atoms with Gasteiger partial charge in [-0.1, -0.05) is 62.2 Å². The van der Waals surface area contributed by atoms with Crippen molar-refractivity contribution >= 4 is 0 Å². The molecule has 1 aliphatic heterocycles. The van der Waals surface area contributed by atoms with Gasteiger partial charge in [0.05, 0.1) is 38.3 Å². The minimum Gasteiger partial charge on any atom is -0.494 e. The molecule has 28 heavy (non-hydrogen) atoms. The highest BCUT2D eigenvalue weighted by Gasteiger charge is 2.28. The van der Waals surface area contributed by atoms with E-state index in [9.17, 15) is 5.11 Å². The predicted molar refractivity (Wildman–Crippen MR) is 115 cm³/mol. The van der Waals surface area contributed by atoms with Crippen molar-refractivity contribution in [3.63, 3.8) is 0 Å². The molecule has 0 aromatic heterocycles. The van der Waals surface area contributed by atoms with Crippen molar-refractivity contribution in [3.05, 3.63) is 65.7 Å². The van der Waals surface area contributed by atoms with Crippen LogP contribution in [0, 0.1) is 0 Å². The van der Waals surface area contributed by atoms with E-state index in [-0.39, 0.29) is 5.92 Å². The first-order valence-electron chi connectivity index (χ1n) is 11.1. The molecular formula is C25H36NO2+. The van der Waals surface area contributed by atoms with Gasteiger partial charge < -0.3 is 14.7 Å². The maximum absolute atomic E-state index is 11.2. The SMILES string of the molecule is CCCCCOc1ccc(C(O)C(C[NH+]2CCCCC2)c2ccccc2)cc1. The summed E-state index contributed by atoms with van der Waals surface area (Å²) in [4.78, 5) is 1.62. The molecule has 1 fully saturated rings. The molecular weight excluding hydrogens is 346 g/mol. The van der Waals surface area contributed by atoms with E-state index < -0.39 is 6.10 Å². The number of nitrogens with one attached hydrogen (secondary N) is 1. The molecule has 0 spiro atoms. The number of piperidine rings is 1. The molecule has 1 aliphatic rings. The van der Waals surface area contributed by atoms with E-state index in [1.807, 2.05) is 30.3 Å². The van der Waals surface area contributed by atoms with Crippen LogP contribution in [0.4, 0.5) is 0 Å². The summed E-state index contributed by atoms with van der Waals surface area (Å²) in [5, 5.41) is 11.2. The number of unbranched alkanes of at least 4 members (excludes halogenated alkanes) is 2. The Hall–Kier alpha value is -1.84. The number of rotatable bonds is 10. The van der Waals surface area contributed by atoms with Crippen LogP contribution in [-0.4, -0.2) is 31.3 Å². The Morgan fingerprint density at radius 2 is 1.61 bits per heavy atom. The standard InChI is InChI=1S/C25H35NO2/c1-2-3-10-19-28-23-15-13-22(14-16-23)25(27)24(21-11-6-4-7-12-21)20-26-17-8-5-9-18-26/h4,6-7,11-16,24-25,27H,2-3,5,8-10,17-20H2,1H3/p+1. The van der Waals surface area contributed by atoms with Gasteiger partial charge in [-0.2, -0.15) is 0 Å². The van der Waals surface area contributed by atoms with Crippen molar-refractivity contribution in [1.29, 1.82) is 0 Å². The zero-order chi connectivity index (χ0) is 19.6.